The molecular formula is C30H52O25. The van der Waals surface area contributed by atoms with Crippen molar-refractivity contribution >= 4 is 0 Å². The van der Waals surface area contributed by atoms with E-state index >= 15 is 0 Å². The molecule has 16 N–H and O–H groups in total. The van der Waals surface area contributed by atoms with E-state index in [0.29, 0.717) is 0 Å². The summed E-state index contributed by atoms with van der Waals surface area (Å²) in [6.45, 7) is -2.24. The molecular weight excluding hydrogens is 760 g/mol. The molecule has 0 amide bonds. The van der Waals surface area contributed by atoms with Gasteiger partial charge in [-0.15, -0.1) is 0 Å². The van der Waals surface area contributed by atoms with Crippen LogP contribution in [0.2, 0.25) is 0 Å². The molecule has 0 spiro atoms. The van der Waals surface area contributed by atoms with Gasteiger partial charge in [0.1, 0.15) is 116 Å². The van der Waals surface area contributed by atoms with E-state index in [1.54, 1.807) is 0 Å². The number of ether oxygens (including phenoxy) is 9. The van der Waals surface area contributed by atoms with Crippen molar-refractivity contribution in [3.05, 3.63) is 0 Å². The molecule has 25 heteroatoms. The van der Waals surface area contributed by atoms with Crippen molar-refractivity contribution in [1.29, 1.82) is 0 Å². The zero-order valence-corrected chi connectivity index (χ0v) is 29.1. The molecule has 25 nitrogen and oxygen atoms in total. The second-order valence-corrected chi connectivity index (χ2v) is 13.9. The molecule has 0 aromatic rings. The Balaban J connectivity index is 1.22. The van der Waals surface area contributed by atoms with Gasteiger partial charge < -0.3 is 124 Å². The molecule has 0 aromatic heterocycles. The van der Waals surface area contributed by atoms with E-state index in [4.69, 9.17) is 42.6 Å². The molecule has 25 atom stereocenters. The fraction of sp³-hybridized carbons (Fsp3) is 1.00. The third kappa shape index (κ3) is 9.11. The summed E-state index contributed by atoms with van der Waals surface area (Å²) in [5.41, 5.74) is 0. The third-order valence-corrected chi connectivity index (χ3v) is 10.3. The molecule has 0 aliphatic carbocycles. The van der Waals surface area contributed by atoms with Gasteiger partial charge in [-0.2, -0.15) is 0 Å². The monoisotopic (exact) mass is 812 g/mol. The van der Waals surface area contributed by atoms with Crippen molar-refractivity contribution in [3.8, 4) is 0 Å². The Hall–Kier alpha value is -1.00. The van der Waals surface area contributed by atoms with E-state index in [1.807, 2.05) is 0 Å². The molecule has 0 saturated carbocycles. The van der Waals surface area contributed by atoms with Gasteiger partial charge in [-0.25, -0.2) is 0 Å². The Morgan fingerprint density at radius 3 is 0.927 bits per heavy atom. The highest BCUT2D eigenvalue weighted by Gasteiger charge is 2.56. The van der Waals surface area contributed by atoms with Gasteiger partial charge in [-0.3, -0.25) is 0 Å². The second kappa shape index (κ2) is 18.9. The lowest BCUT2D eigenvalue weighted by atomic mass is 9.95. The first-order valence-electron chi connectivity index (χ1n) is 17.5. The maximum atomic E-state index is 11.1. The largest absolute Gasteiger partial charge is 0.394 e. The number of aliphatic hydroxyl groups is 16. The van der Waals surface area contributed by atoms with Crippen LogP contribution in [0.5, 0.6) is 0 Å². The molecule has 0 aromatic carbocycles. The molecule has 5 rings (SSSR count). The van der Waals surface area contributed by atoms with Crippen LogP contribution < -0.4 is 0 Å². The van der Waals surface area contributed by atoms with Gasteiger partial charge in [0.05, 0.1) is 32.5 Å². The van der Waals surface area contributed by atoms with E-state index in [1.165, 1.54) is 6.92 Å². The minimum absolute atomic E-state index is 0.830. The smallest absolute Gasteiger partial charge is 0.187 e. The van der Waals surface area contributed by atoms with E-state index in [2.05, 4.69) is 0 Å². The summed E-state index contributed by atoms with van der Waals surface area (Å²) in [5.74, 6) is 0. The van der Waals surface area contributed by atoms with Gasteiger partial charge >= 0.3 is 0 Å². The summed E-state index contributed by atoms with van der Waals surface area (Å²) in [6, 6.07) is 0. The van der Waals surface area contributed by atoms with Crippen LogP contribution >= 0.6 is 0 Å². The Kier molecular flexibility index (Phi) is 15.5. The number of aliphatic hydroxyl groups excluding tert-OH is 16. The van der Waals surface area contributed by atoms with Crippen LogP contribution in [0.1, 0.15) is 6.92 Å². The first-order valence-corrected chi connectivity index (χ1v) is 17.5. The Morgan fingerprint density at radius 1 is 0.327 bits per heavy atom. The molecule has 1 unspecified atom stereocenters. The maximum Gasteiger partial charge on any atom is 0.187 e. The highest BCUT2D eigenvalue weighted by atomic mass is 16.8. The number of hydrogen-bond donors (Lipinski definition) is 16. The minimum Gasteiger partial charge on any atom is -0.394 e. The van der Waals surface area contributed by atoms with Crippen molar-refractivity contribution < 1.29 is 124 Å². The van der Waals surface area contributed by atoms with Crippen LogP contribution in [0.3, 0.4) is 0 Å². The zero-order valence-electron chi connectivity index (χ0n) is 29.1. The second-order valence-electron chi connectivity index (χ2n) is 13.9. The van der Waals surface area contributed by atoms with Gasteiger partial charge in [0, 0.05) is 0 Å². The lowest BCUT2D eigenvalue weighted by Gasteiger charge is -2.49. The Labute approximate surface area is 311 Å². The minimum atomic E-state index is -2.10. The molecule has 5 fully saturated rings. The third-order valence-electron chi connectivity index (χ3n) is 10.3. The SMILES string of the molecule is C[C@H]1O[C@H](O[C@H]2[C@H](O)[C@@H](O)[C@@H](O[C@H]3[C@H](O)[C@@H](O)[C@@H](O[C@H]4[C@H](O)[C@@H](O)[C@@H](O[C@H]5[C@H](O)[C@@H](O)C(O)O[C@@H]5CO)O[C@@H]4CO)O[C@@H]3CO)O[C@@H]2CO)[C@H](O)[C@@H](O)[C@@H]1O. The topological polar surface area (TPSA) is 407 Å². The fourth-order valence-corrected chi connectivity index (χ4v) is 6.98. The molecule has 0 bridgehead atoms. The Bertz CT molecular complexity index is 1180. The van der Waals surface area contributed by atoms with Crippen molar-refractivity contribution in [3.63, 3.8) is 0 Å². The van der Waals surface area contributed by atoms with Crippen molar-refractivity contribution in [2.45, 2.75) is 160 Å². The number of rotatable bonds is 12. The van der Waals surface area contributed by atoms with E-state index in [9.17, 15) is 81.7 Å². The summed E-state index contributed by atoms with van der Waals surface area (Å²) in [4.78, 5) is 0. The zero-order chi connectivity index (χ0) is 40.6. The Morgan fingerprint density at radius 2 is 0.600 bits per heavy atom. The van der Waals surface area contributed by atoms with Gasteiger partial charge in [-0.1, -0.05) is 0 Å². The molecule has 0 radical (unpaired) electrons. The van der Waals surface area contributed by atoms with E-state index < -0.39 is 180 Å². The highest BCUT2D eigenvalue weighted by Crippen LogP contribution is 2.35. The first-order chi connectivity index (χ1) is 26.0. The van der Waals surface area contributed by atoms with Crippen LogP contribution in [-0.4, -0.2) is 262 Å². The average molecular weight is 813 g/mol. The summed E-state index contributed by atoms with van der Waals surface area (Å²) >= 11 is 0. The summed E-state index contributed by atoms with van der Waals surface area (Å²) in [7, 11) is 0. The predicted molar refractivity (Wildman–Crippen MR) is 165 cm³/mol. The van der Waals surface area contributed by atoms with Crippen LogP contribution in [0.25, 0.3) is 0 Å². The molecule has 322 valence electrons. The predicted octanol–water partition coefficient (Wildman–Crippen LogP) is -10.9. The van der Waals surface area contributed by atoms with E-state index in [-0.39, 0.29) is 0 Å². The van der Waals surface area contributed by atoms with E-state index in [0.717, 1.165) is 0 Å². The summed E-state index contributed by atoms with van der Waals surface area (Å²) in [6.07, 6.45) is -44.2. The van der Waals surface area contributed by atoms with Gasteiger partial charge in [0.2, 0.25) is 0 Å². The quantitative estimate of drug-likeness (QED) is 0.0870. The fourth-order valence-electron chi connectivity index (χ4n) is 6.98. The number of hydrogen-bond acceptors (Lipinski definition) is 25. The maximum absolute atomic E-state index is 11.1. The lowest BCUT2D eigenvalue weighted by molar-refractivity contribution is -0.392. The summed E-state index contributed by atoms with van der Waals surface area (Å²) in [5, 5.41) is 166. The first kappa shape index (κ1) is 45.1. The van der Waals surface area contributed by atoms with Crippen LogP contribution in [0.15, 0.2) is 0 Å². The molecule has 5 saturated heterocycles. The van der Waals surface area contributed by atoms with Crippen molar-refractivity contribution in [2.24, 2.45) is 0 Å². The van der Waals surface area contributed by atoms with Gasteiger partial charge in [0.15, 0.2) is 31.5 Å². The van der Waals surface area contributed by atoms with Crippen LogP contribution in [0, 0.1) is 0 Å². The van der Waals surface area contributed by atoms with Crippen LogP contribution in [0.4, 0.5) is 0 Å². The molecule has 5 heterocycles. The van der Waals surface area contributed by atoms with Crippen molar-refractivity contribution in [1.82, 2.24) is 0 Å². The summed E-state index contributed by atoms with van der Waals surface area (Å²) < 4.78 is 49.3. The highest BCUT2D eigenvalue weighted by molar-refractivity contribution is 4.98. The normalized spacial score (nSPS) is 53.9. The lowest BCUT2D eigenvalue weighted by Crippen LogP contribution is -2.68. The van der Waals surface area contributed by atoms with Crippen LogP contribution in [-0.2, 0) is 42.6 Å². The van der Waals surface area contributed by atoms with Gasteiger partial charge in [0.25, 0.3) is 0 Å². The standard InChI is InChI=1S/C30H52O25/c1-6-11(35)12(36)18(42)27(47-6)52-23-8(3-32)49-29(19(43)14(23)38)54-25-10(5-34)51-30(21(45)16(25)40)55-24-9(4-33)50-28(20(44)15(24)39)53-22-7(2-31)48-26(46)17(41)13(22)37/h6-46H,2-5H2,1H3/t6-,7-,8-,9-,10-,11-,12+,13-,14-,15-,16-,17-,18-,19-,20-,21-,22-,23-,24-,25-,26?,27-,28-,29-,30-/m1/s1. The van der Waals surface area contributed by atoms with Gasteiger partial charge in [-0.05, 0) is 6.92 Å². The molecule has 5 aliphatic rings. The molecule has 5 aliphatic heterocycles. The van der Waals surface area contributed by atoms with Crippen molar-refractivity contribution in [2.75, 3.05) is 26.4 Å². The average Bonchev–Trinajstić information content (AvgIpc) is 3.17. The molecule has 55 heavy (non-hydrogen) atoms.